The van der Waals surface area contributed by atoms with Crippen LogP contribution in [0.1, 0.15) is 53.1 Å². The van der Waals surface area contributed by atoms with Crippen LogP contribution in [0.4, 0.5) is 0 Å². The molecule has 8 heteroatoms. The lowest BCUT2D eigenvalue weighted by molar-refractivity contribution is 0.0755. The predicted octanol–water partition coefficient (Wildman–Crippen LogP) is 2.99. The molecule has 0 radical (unpaired) electrons. The Morgan fingerprint density at radius 2 is 1.94 bits per heavy atom. The Kier molecular flexibility index (Phi) is 5.38. The van der Waals surface area contributed by atoms with Crippen molar-refractivity contribution in [3.63, 3.8) is 0 Å². The van der Waals surface area contributed by atoms with Gasteiger partial charge in [0.25, 0.3) is 5.91 Å². The lowest BCUT2D eigenvalue weighted by Crippen LogP contribution is -2.33. The molecule has 0 saturated carbocycles. The van der Waals surface area contributed by atoms with Crippen molar-refractivity contribution in [2.24, 2.45) is 0 Å². The van der Waals surface area contributed by atoms with Gasteiger partial charge in [-0.2, -0.15) is 0 Å². The maximum atomic E-state index is 13.4. The van der Waals surface area contributed by atoms with E-state index in [1.165, 1.54) is 12.8 Å². The van der Waals surface area contributed by atoms with E-state index < -0.39 is 0 Å². The highest BCUT2D eigenvalue weighted by Crippen LogP contribution is 2.19. The number of likely N-dealkylation sites (tertiary alicyclic amines) is 1. The highest BCUT2D eigenvalue weighted by Gasteiger charge is 2.24. The molecule has 4 aromatic heterocycles. The summed E-state index contributed by atoms with van der Waals surface area (Å²) < 4.78 is 3.93. The van der Waals surface area contributed by atoms with Gasteiger partial charge in [-0.15, -0.1) is 0 Å². The maximum Gasteiger partial charge on any atom is 0.274 e. The predicted molar refractivity (Wildman–Crippen MR) is 118 cm³/mol. The number of imidazole rings is 2. The van der Waals surface area contributed by atoms with Crippen molar-refractivity contribution in [2.45, 2.75) is 45.7 Å². The molecule has 0 aromatic carbocycles. The van der Waals surface area contributed by atoms with Gasteiger partial charge in [0.15, 0.2) is 5.69 Å². The van der Waals surface area contributed by atoms with E-state index in [-0.39, 0.29) is 5.91 Å². The van der Waals surface area contributed by atoms with Crippen molar-refractivity contribution in [3.05, 3.63) is 65.6 Å². The van der Waals surface area contributed by atoms with Gasteiger partial charge >= 0.3 is 0 Å². The van der Waals surface area contributed by atoms with Crippen LogP contribution in [-0.4, -0.2) is 47.6 Å². The van der Waals surface area contributed by atoms with Gasteiger partial charge in [0.1, 0.15) is 5.65 Å². The number of amides is 1. The van der Waals surface area contributed by atoms with Crippen LogP contribution in [0.3, 0.4) is 0 Å². The summed E-state index contributed by atoms with van der Waals surface area (Å²) in [6.45, 7) is 4.78. The van der Waals surface area contributed by atoms with E-state index in [0.717, 1.165) is 48.5 Å². The van der Waals surface area contributed by atoms with Crippen LogP contribution in [0.15, 0.2) is 43.0 Å². The SMILES string of the molecule is Cc1ccn2c(CNCc3cn4cccnc4n3)c(C(=O)N3CCCCCC3)nc2c1. The minimum Gasteiger partial charge on any atom is -0.337 e. The quantitative estimate of drug-likeness (QED) is 0.540. The maximum absolute atomic E-state index is 13.4. The molecule has 160 valence electrons. The van der Waals surface area contributed by atoms with Crippen LogP contribution in [0.2, 0.25) is 0 Å². The molecule has 4 aromatic rings. The summed E-state index contributed by atoms with van der Waals surface area (Å²) in [4.78, 5) is 28.9. The monoisotopic (exact) mass is 417 g/mol. The van der Waals surface area contributed by atoms with Gasteiger partial charge in [-0.3, -0.25) is 9.20 Å². The van der Waals surface area contributed by atoms with Gasteiger partial charge in [0.05, 0.1) is 11.4 Å². The van der Waals surface area contributed by atoms with E-state index in [1.807, 2.05) is 57.4 Å². The summed E-state index contributed by atoms with van der Waals surface area (Å²) in [5, 5.41) is 3.45. The van der Waals surface area contributed by atoms with Crippen LogP contribution in [-0.2, 0) is 13.1 Å². The minimum atomic E-state index is 0.0389. The Morgan fingerprint density at radius 1 is 1.10 bits per heavy atom. The molecule has 1 amide bonds. The Labute approximate surface area is 180 Å². The molecular formula is C23H27N7O. The van der Waals surface area contributed by atoms with Gasteiger partial charge in [0.2, 0.25) is 5.78 Å². The van der Waals surface area contributed by atoms with Crippen LogP contribution in [0, 0.1) is 6.92 Å². The van der Waals surface area contributed by atoms with Crippen LogP contribution in [0.25, 0.3) is 11.4 Å². The fraction of sp³-hybridized carbons (Fsp3) is 0.391. The van der Waals surface area contributed by atoms with Crippen molar-refractivity contribution in [2.75, 3.05) is 13.1 Å². The average Bonchev–Trinajstić information content (AvgIpc) is 3.22. The molecular weight excluding hydrogens is 390 g/mol. The van der Waals surface area contributed by atoms with Crippen LogP contribution in [0.5, 0.6) is 0 Å². The van der Waals surface area contributed by atoms with E-state index in [9.17, 15) is 4.79 Å². The standard InChI is InChI=1S/C23H27N7O/c1-17-7-12-30-19(15-24-14-18-16-29-11-6-8-25-23(29)26-18)21(27-20(30)13-17)22(31)28-9-4-2-3-5-10-28/h6-8,11-13,16,24H,2-5,9-10,14-15H2,1H3. The molecule has 1 aliphatic rings. The molecule has 0 aliphatic carbocycles. The lowest BCUT2D eigenvalue weighted by Gasteiger charge is -2.19. The molecule has 1 aliphatic heterocycles. The van der Waals surface area contributed by atoms with Crippen molar-refractivity contribution in [1.29, 1.82) is 0 Å². The van der Waals surface area contributed by atoms with E-state index in [1.54, 1.807) is 6.20 Å². The van der Waals surface area contributed by atoms with Gasteiger partial charge in [-0.1, -0.05) is 12.8 Å². The first-order chi connectivity index (χ1) is 15.2. The van der Waals surface area contributed by atoms with Crippen LogP contribution >= 0.6 is 0 Å². The molecule has 8 nitrogen and oxygen atoms in total. The third-order valence-electron chi connectivity index (χ3n) is 5.86. The number of rotatable bonds is 5. The summed E-state index contributed by atoms with van der Waals surface area (Å²) in [6.07, 6.45) is 12.2. The summed E-state index contributed by atoms with van der Waals surface area (Å²) in [6, 6.07) is 5.95. The van der Waals surface area contributed by atoms with Gasteiger partial charge in [0, 0.05) is 51.0 Å². The summed E-state index contributed by atoms with van der Waals surface area (Å²) in [7, 11) is 0. The Morgan fingerprint density at radius 3 is 2.74 bits per heavy atom. The normalized spacial score (nSPS) is 14.9. The minimum absolute atomic E-state index is 0.0389. The molecule has 0 atom stereocenters. The van der Waals surface area contributed by atoms with Crippen molar-refractivity contribution in [1.82, 2.24) is 34.0 Å². The highest BCUT2D eigenvalue weighted by atomic mass is 16.2. The number of carbonyl (C=O) groups excluding carboxylic acids is 1. The number of hydrogen-bond acceptors (Lipinski definition) is 5. The fourth-order valence-electron chi connectivity index (χ4n) is 4.23. The molecule has 0 bridgehead atoms. The van der Waals surface area contributed by atoms with Gasteiger partial charge < -0.3 is 14.6 Å². The van der Waals surface area contributed by atoms with E-state index in [4.69, 9.17) is 4.98 Å². The third-order valence-corrected chi connectivity index (χ3v) is 5.86. The number of fused-ring (bicyclic) bond motifs is 2. The number of hydrogen-bond donors (Lipinski definition) is 1. The molecule has 5 rings (SSSR count). The molecule has 1 saturated heterocycles. The first-order valence-corrected chi connectivity index (χ1v) is 11.0. The number of aryl methyl sites for hydroxylation is 1. The van der Waals surface area contributed by atoms with Crippen molar-refractivity contribution in [3.8, 4) is 0 Å². The summed E-state index contributed by atoms with van der Waals surface area (Å²) in [5.74, 6) is 0.721. The number of aromatic nitrogens is 5. The smallest absolute Gasteiger partial charge is 0.274 e. The molecule has 5 heterocycles. The van der Waals surface area contributed by atoms with Crippen molar-refractivity contribution < 1.29 is 4.79 Å². The molecule has 31 heavy (non-hydrogen) atoms. The Hall–Kier alpha value is -3.26. The molecule has 0 unspecified atom stereocenters. The summed E-state index contributed by atoms with van der Waals surface area (Å²) >= 11 is 0. The van der Waals surface area contributed by atoms with E-state index in [2.05, 4.69) is 15.3 Å². The Balaban J connectivity index is 1.40. The third kappa shape index (κ3) is 4.03. The first kappa shape index (κ1) is 19.7. The molecule has 1 fully saturated rings. The van der Waals surface area contributed by atoms with E-state index >= 15 is 0 Å². The van der Waals surface area contributed by atoms with Gasteiger partial charge in [-0.25, -0.2) is 15.0 Å². The average molecular weight is 418 g/mol. The molecule has 1 N–H and O–H groups in total. The lowest BCUT2D eigenvalue weighted by atomic mass is 10.2. The van der Waals surface area contributed by atoms with E-state index in [0.29, 0.717) is 24.6 Å². The largest absolute Gasteiger partial charge is 0.337 e. The zero-order chi connectivity index (χ0) is 21.2. The highest BCUT2D eigenvalue weighted by molar-refractivity contribution is 5.94. The van der Waals surface area contributed by atoms with Gasteiger partial charge in [-0.05, 0) is 43.5 Å². The first-order valence-electron chi connectivity index (χ1n) is 11.0. The Bertz CT molecular complexity index is 1180. The second-order valence-electron chi connectivity index (χ2n) is 8.21. The van der Waals surface area contributed by atoms with Crippen LogP contribution < -0.4 is 5.32 Å². The number of nitrogens with one attached hydrogen (secondary N) is 1. The summed E-state index contributed by atoms with van der Waals surface area (Å²) in [5.41, 5.74) is 4.29. The second-order valence-corrected chi connectivity index (χ2v) is 8.21. The number of pyridine rings is 1. The number of nitrogens with zero attached hydrogens (tertiary/aromatic N) is 6. The second kappa shape index (κ2) is 8.47. The zero-order valence-electron chi connectivity index (χ0n) is 17.8. The number of carbonyl (C=O) groups is 1. The molecule has 0 spiro atoms. The zero-order valence-corrected chi connectivity index (χ0v) is 17.8. The fourth-order valence-corrected chi connectivity index (χ4v) is 4.23. The van der Waals surface area contributed by atoms with Crippen molar-refractivity contribution >= 4 is 17.3 Å². The topological polar surface area (TPSA) is 79.8 Å².